The van der Waals surface area contributed by atoms with E-state index in [9.17, 15) is 9.13 Å². The van der Waals surface area contributed by atoms with Crippen LogP contribution < -0.4 is 88.7 Å². The van der Waals surface area contributed by atoms with Crippen molar-refractivity contribution in [2.45, 2.75) is 12.0 Å². The number of aliphatic hydroxyl groups is 1. The Morgan fingerprint density at radius 3 is 1.07 bits per heavy atom. The third-order valence-corrected chi connectivity index (χ3v) is 4.87. The van der Waals surface area contributed by atoms with Crippen LogP contribution in [-0.4, -0.2) is 29.8 Å². The summed E-state index contributed by atoms with van der Waals surface area (Å²) in [5, 5.41) is 5.37. The summed E-state index contributed by atoms with van der Waals surface area (Å²) >= 11 is 0. The third kappa shape index (κ3) is 6.87. The van der Waals surface area contributed by atoms with E-state index in [1.807, 2.05) is 0 Å². The Hall–Kier alpha value is 3.26. The fraction of sp³-hybridized carbons (Fsp3) is 1.00. The van der Waals surface area contributed by atoms with E-state index in [0.717, 1.165) is 0 Å². The molecule has 0 aromatic heterocycles. The predicted molar refractivity (Wildman–Crippen MR) is 38.0 cm³/mol. The molecule has 0 rings (SSSR count). The Balaban J connectivity index is -0.0000000333. The van der Waals surface area contributed by atoms with E-state index in [-0.39, 0.29) is 93.0 Å². The van der Waals surface area contributed by atoms with Gasteiger partial charge >= 0.3 is 104 Å². The van der Waals surface area contributed by atoms with Gasteiger partial charge < -0.3 is 29.0 Å². The van der Waals surface area contributed by atoms with Crippen LogP contribution in [0.25, 0.3) is 0 Å². The van der Waals surface area contributed by atoms with Gasteiger partial charge in [-0.15, -0.1) is 0 Å². The molecule has 0 unspecified atom stereocenters. The number of hydrogen-bond donors (Lipinski definition) is 5. The molecule has 0 spiro atoms. The minimum absolute atomic E-state index is 0. The molecule has 0 aliphatic carbocycles. The third-order valence-electron chi connectivity index (χ3n) is 1.10. The van der Waals surface area contributed by atoms with Crippen molar-refractivity contribution in [3.8, 4) is 0 Å². The maximum atomic E-state index is 10.3. The van der Waals surface area contributed by atoms with Crippen molar-refractivity contribution < 1.29 is 127 Å². The van der Waals surface area contributed by atoms with E-state index in [2.05, 4.69) is 0 Å². The van der Waals surface area contributed by atoms with Crippen LogP contribution in [0.3, 0.4) is 0 Å². The van der Waals surface area contributed by atoms with Crippen molar-refractivity contribution >= 4 is 15.2 Å². The largest absolute Gasteiger partial charge is 1.00 e. The monoisotopic (exact) mass is 278 g/mol. The Morgan fingerprint density at radius 2 is 1.07 bits per heavy atom. The van der Waals surface area contributed by atoms with Crippen LogP contribution in [0, 0.1) is 0 Å². The second-order valence-electron chi connectivity index (χ2n) is 2.06. The topological polar surface area (TPSA) is 135 Å². The standard InChI is InChI=1S/C2H8O7P2.3Na.3H/c1-2(3,10(4,5)6)11(7,8)9;;;;;;/h3H,1H3,(H2,4,5,6)(H2,7,8,9);;;;;;/q;3*+1;3*-1. The maximum Gasteiger partial charge on any atom is 1.00 e. The second-order valence-corrected chi connectivity index (χ2v) is 6.33. The Morgan fingerprint density at radius 1 is 0.929 bits per heavy atom. The van der Waals surface area contributed by atoms with Gasteiger partial charge in [0.2, 0.25) is 0 Å². The van der Waals surface area contributed by atoms with Gasteiger partial charge in [0.1, 0.15) is 0 Å². The number of rotatable bonds is 2. The van der Waals surface area contributed by atoms with Crippen LogP contribution in [0.1, 0.15) is 11.2 Å². The molecule has 0 saturated carbocycles. The minimum Gasteiger partial charge on any atom is -1.00 e. The first-order valence-electron chi connectivity index (χ1n) is 2.34. The molecule has 0 fully saturated rings. The van der Waals surface area contributed by atoms with Crippen molar-refractivity contribution in [3.63, 3.8) is 0 Å². The first-order chi connectivity index (χ1) is 4.50. The normalized spacial score (nSPS) is 11.9. The summed E-state index contributed by atoms with van der Waals surface area (Å²) < 4.78 is 20.5. The summed E-state index contributed by atoms with van der Waals surface area (Å²) in [5.41, 5.74) is 0. The molecule has 0 atom stereocenters. The van der Waals surface area contributed by atoms with Crippen LogP contribution in [0.15, 0.2) is 0 Å². The quantitative estimate of drug-likeness (QED) is 0.250. The molecular formula is C2H11Na3O7P2. The molecule has 0 radical (unpaired) electrons. The van der Waals surface area contributed by atoms with E-state index < -0.39 is 20.3 Å². The van der Waals surface area contributed by atoms with E-state index in [1.54, 1.807) is 0 Å². The van der Waals surface area contributed by atoms with Gasteiger partial charge in [0, 0.05) is 0 Å². The van der Waals surface area contributed by atoms with Crippen molar-refractivity contribution in [1.29, 1.82) is 0 Å². The van der Waals surface area contributed by atoms with E-state index in [0.29, 0.717) is 6.92 Å². The average Bonchev–Trinajstić information content (AvgIpc) is 1.58. The fourth-order valence-electron chi connectivity index (χ4n) is 0.170. The maximum absolute atomic E-state index is 10.3. The number of hydrogen-bond acceptors (Lipinski definition) is 3. The molecule has 0 bridgehead atoms. The van der Waals surface area contributed by atoms with Crippen molar-refractivity contribution in [3.05, 3.63) is 0 Å². The van der Waals surface area contributed by atoms with Gasteiger partial charge in [0.05, 0.1) is 0 Å². The van der Waals surface area contributed by atoms with Gasteiger partial charge in [-0.1, -0.05) is 0 Å². The Kier molecular flexibility index (Phi) is 15.5. The fourth-order valence-corrected chi connectivity index (χ4v) is 1.53. The summed E-state index contributed by atoms with van der Waals surface area (Å²) in [6.45, 7) is 0.383. The molecule has 0 heterocycles. The molecule has 0 aromatic rings. The van der Waals surface area contributed by atoms with Crippen LogP contribution in [0.5, 0.6) is 0 Å². The van der Waals surface area contributed by atoms with Gasteiger partial charge in [-0.05, 0) is 6.92 Å². The van der Waals surface area contributed by atoms with E-state index in [4.69, 9.17) is 24.7 Å². The van der Waals surface area contributed by atoms with Gasteiger partial charge in [0.25, 0.3) is 5.08 Å². The molecule has 0 aliphatic heterocycles. The summed E-state index contributed by atoms with van der Waals surface area (Å²) in [4.78, 5) is 33.0. The Bertz CT molecular complexity index is 229. The van der Waals surface area contributed by atoms with Crippen molar-refractivity contribution in [2.24, 2.45) is 0 Å². The molecule has 5 N–H and O–H groups in total. The van der Waals surface area contributed by atoms with Crippen molar-refractivity contribution in [1.82, 2.24) is 0 Å². The first kappa shape index (κ1) is 26.0. The molecular weight excluding hydrogens is 267 g/mol. The molecule has 7 nitrogen and oxygen atoms in total. The van der Waals surface area contributed by atoms with Crippen LogP contribution in [0.2, 0.25) is 0 Å². The molecule has 12 heteroatoms. The van der Waals surface area contributed by atoms with Gasteiger partial charge in [0.15, 0.2) is 0 Å². The predicted octanol–water partition coefficient (Wildman–Crippen LogP) is -9.64. The summed E-state index contributed by atoms with van der Waals surface area (Å²) in [6, 6.07) is 0. The van der Waals surface area contributed by atoms with E-state index >= 15 is 0 Å². The van der Waals surface area contributed by atoms with Crippen LogP contribution in [-0.2, 0) is 9.13 Å². The van der Waals surface area contributed by atoms with Crippen LogP contribution >= 0.6 is 15.2 Å². The minimum atomic E-state index is -5.20. The Labute approximate surface area is 152 Å². The smallest absolute Gasteiger partial charge is 1.00 e. The molecule has 14 heavy (non-hydrogen) atoms. The van der Waals surface area contributed by atoms with E-state index in [1.165, 1.54) is 0 Å². The summed E-state index contributed by atoms with van der Waals surface area (Å²) in [7, 11) is -10.4. The molecule has 0 saturated heterocycles. The summed E-state index contributed by atoms with van der Waals surface area (Å²) in [5.74, 6) is 0. The van der Waals surface area contributed by atoms with Crippen molar-refractivity contribution in [2.75, 3.05) is 0 Å². The molecule has 0 aliphatic rings. The SMILES string of the molecule is CC(O)(P(=O)(O)O)P(=O)(O)O.[H-].[H-].[H-].[Na+].[Na+].[Na+]. The average molecular weight is 278 g/mol. The zero-order valence-corrected chi connectivity index (χ0v) is 16.2. The second kappa shape index (κ2) is 8.38. The zero-order valence-electron chi connectivity index (χ0n) is 11.4. The molecule has 0 aromatic carbocycles. The van der Waals surface area contributed by atoms with Gasteiger partial charge in [-0.2, -0.15) is 0 Å². The van der Waals surface area contributed by atoms with Gasteiger partial charge in [-0.3, -0.25) is 9.13 Å². The first-order valence-corrected chi connectivity index (χ1v) is 5.56. The summed E-state index contributed by atoms with van der Waals surface area (Å²) in [6.07, 6.45) is 0. The van der Waals surface area contributed by atoms with Gasteiger partial charge in [-0.25, -0.2) is 0 Å². The van der Waals surface area contributed by atoms with Crippen LogP contribution in [0.4, 0.5) is 0 Å². The molecule has 74 valence electrons. The zero-order chi connectivity index (χ0) is 9.50. The molecule has 0 amide bonds.